The number of thioether (sulfide) groups is 1. The number of piperidine rings is 1. The van der Waals surface area contributed by atoms with Gasteiger partial charge in [-0.25, -0.2) is 0 Å². The van der Waals surface area contributed by atoms with Gasteiger partial charge in [-0.1, -0.05) is 30.3 Å². The molecular formula is C18H26N2O3S. The van der Waals surface area contributed by atoms with Gasteiger partial charge in [0.1, 0.15) is 0 Å². The summed E-state index contributed by atoms with van der Waals surface area (Å²) in [5.74, 6) is 1.80. The van der Waals surface area contributed by atoms with Crippen LogP contribution in [0.4, 0.5) is 0 Å². The first-order valence-electron chi connectivity index (χ1n) is 8.37. The number of amides is 1. The van der Waals surface area contributed by atoms with Crippen LogP contribution < -0.4 is 5.32 Å². The van der Waals surface area contributed by atoms with Gasteiger partial charge in [-0.05, 0) is 31.5 Å². The van der Waals surface area contributed by atoms with Gasteiger partial charge in [-0.2, -0.15) is 11.8 Å². The van der Waals surface area contributed by atoms with Crippen LogP contribution in [0.2, 0.25) is 0 Å². The molecule has 0 aromatic heterocycles. The molecule has 0 bridgehead atoms. The normalized spacial score (nSPS) is 15.9. The summed E-state index contributed by atoms with van der Waals surface area (Å²) in [5.41, 5.74) is 1.31. The Morgan fingerprint density at radius 3 is 2.62 bits per heavy atom. The van der Waals surface area contributed by atoms with Gasteiger partial charge >= 0.3 is 5.97 Å². The van der Waals surface area contributed by atoms with Gasteiger partial charge in [0.05, 0.1) is 19.6 Å². The Morgan fingerprint density at radius 1 is 1.25 bits per heavy atom. The highest BCUT2D eigenvalue weighted by Crippen LogP contribution is 2.18. The largest absolute Gasteiger partial charge is 0.469 e. The maximum Gasteiger partial charge on any atom is 0.308 e. The average molecular weight is 350 g/mol. The number of hydrogen-bond acceptors (Lipinski definition) is 5. The molecule has 0 spiro atoms. The average Bonchev–Trinajstić information content (AvgIpc) is 2.62. The van der Waals surface area contributed by atoms with Crippen molar-refractivity contribution < 1.29 is 14.3 Å². The first-order chi connectivity index (χ1) is 11.7. The molecule has 6 heteroatoms. The van der Waals surface area contributed by atoms with E-state index in [0.717, 1.165) is 37.4 Å². The number of rotatable bonds is 8. The standard InChI is InChI=1S/C18H26N2O3S/c1-23-18(22)16-7-10-20(11-8-16)13-17(21)19-9-12-24-14-15-5-3-2-4-6-15/h2-6,16H,7-14H2,1H3,(H,19,21). The molecule has 1 fully saturated rings. The molecule has 0 unspecified atom stereocenters. The summed E-state index contributed by atoms with van der Waals surface area (Å²) in [5, 5.41) is 2.97. The summed E-state index contributed by atoms with van der Waals surface area (Å²) in [6.45, 7) is 2.65. The maximum absolute atomic E-state index is 12.0. The summed E-state index contributed by atoms with van der Waals surface area (Å²) < 4.78 is 4.77. The van der Waals surface area contributed by atoms with E-state index in [4.69, 9.17) is 4.74 Å². The molecule has 1 aromatic carbocycles. The fourth-order valence-corrected chi connectivity index (χ4v) is 3.60. The summed E-state index contributed by atoms with van der Waals surface area (Å²) in [6.07, 6.45) is 1.54. The fraction of sp³-hybridized carbons (Fsp3) is 0.556. The third-order valence-electron chi connectivity index (χ3n) is 4.17. The Kier molecular flexibility index (Phi) is 8.12. The molecular weight excluding hydrogens is 324 g/mol. The van der Waals surface area contributed by atoms with Crippen molar-refractivity contribution in [3.63, 3.8) is 0 Å². The fourth-order valence-electron chi connectivity index (χ4n) is 2.78. The van der Waals surface area contributed by atoms with Crippen LogP contribution >= 0.6 is 11.8 Å². The first kappa shape index (κ1) is 18.8. The van der Waals surface area contributed by atoms with Crippen LogP contribution in [0.5, 0.6) is 0 Å². The van der Waals surface area contributed by atoms with Crippen molar-refractivity contribution in [2.75, 3.05) is 39.0 Å². The zero-order valence-corrected chi connectivity index (χ0v) is 15.0. The second-order valence-electron chi connectivity index (χ2n) is 5.96. The monoisotopic (exact) mass is 350 g/mol. The molecule has 1 N–H and O–H groups in total. The molecule has 5 nitrogen and oxygen atoms in total. The highest BCUT2D eigenvalue weighted by molar-refractivity contribution is 7.98. The zero-order valence-electron chi connectivity index (χ0n) is 14.2. The number of ether oxygens (including phenoxy) is 1. The van der Waals surface area contributed by atoms with E-state index in [2.05, 4.69) is 22.3 Å². The molecule has 1 saturated heterocycles. The predicted octanol–water partition coefficient (Wildman–Crippen LogP) is 1.92. The minimum absolute atomic E-state index is 0.0105. The molecule has 1 aliphatic heterocycles. The Bertz CT molecular complexity index is 516. The van der Waals surface area contributed by atoms with Gasteiger partial charge in [-0.3, -0.25) is 14.5 Å². The van der Waals surface area contributed by atoms with Gasteiger partial charge < -0.3 is 10.1 Å². The van der Waals surface area contributed by atoms with Gasteiger partial charge in [0.2, 0.25) is 5.91 Å². The summed E-state index contributed by atoms with van der Waals surface area (Å²) in [6, 6.07) is 10.3. The number of hydrogen-bond donors (Lipinski definition) is 1. The van der Waals surface area contributed by atoms with E-state index in [1.807, 2.05) is 30.0 Å². The lowest BCUT2D eigenvalue weighted by Gasteiger charge is -2.29. The second kappa shape index (κ2) is 10.4. The third kappa shape index (κ3) is 6.53. The van der Waals surface area contributed by atoms with Crippen LogP contribution in [0.25, 0.3) is 0 Å². The Balaban J connectivity index is 1.53. The van der Waals surface area contributed by atoms with Gasteiger partial charge in [0.25, 0.3) is 0 Å². The number of esters is 1. The number of nitrogens with zero attached hydrogens (tertiary/aromatic N) is 1. The number of nitrogens with one attached hydrogen (secondary N) is 1. The number of carbonyl (C=O) groups excluding carboxylic acids is 2. The van der Waals surface area contributed by atoms with Crippen molar-refractivity contribution in [2.24, 2.45) is 5.92 Å². The van der Waals surface area contributed by atoms with E-state index >= 15 is 0 Å². The lowest BCUT2D eigenvalue weighted by molar-refractivity contribution is -0.147. The van der Waals surface area contributed by atoms with Crippen LogP contribution in [0.3, 0.4) is 0 Å². The van der Waals surface area contributed by atoms with Crippen molar-refractivity contribution in [3.05, 3.63) is 35.9 Å². The Hall–Kier alpha value is -1.53. The van der Waals surface area contributed by atoms with E-state index in [-0.39, 0.29) is 17.8 Å². The SMILES string of the molecule is COC(=O)C1CCN(CC(=O)NCCSCc2ccccc2)CC1. The number of methoxy groups -OCH3 is 1. The van der Waals surface area contributed by atoms with Gasteiger partial charge in [0.15, 0.2) is 0 Å². The molecule has 24 heavy (non-hydrogen) atoms. The van der Waals surface area contributed by atoms with Gasteiger partial charge in [-0.15, -0.1) is 0 Å². The number of benzene rings is 1. The van der Waals surface area contributed by atoms with Crippen molar-refractivity contribution in [3.8, 4) is 0 Å². The van der Waals surface area contributed by atoms with Crippen LogP contribution in [-0.4, -0.2) is 55.8 Å². The predicted molar refractivity (Wildman–Crippen MR) is 96.8 cm³/mol. The van der Waals surface area contributed by atoms with E-state index in [0.29, 0.717) is 13.1 Å². The molecule has 132 valence electrons. The minimum atomic E-state index is -0.130. The number of carbonyl (C=O) groups is 2. The first-order valence-corrected chi connectivity index (χ1v) is 9.53. The third-order valence-corrected chi connectivity index (χ3v) is 5.20. The van der Waals surface area contributed by atoms with Crippen molar-refractivity contribution in [1.82, 2.24) is 10.2 Å². The molecule has 0 aliphatic carbocycles. The van der Waals surface area contributed by atoms with Crippen molar-refractivity contribution >= 4 is 23.6 Å². The lowest BCUT2D eigenvalue weighted by Crippen LogP contribution is -2.43. The van der Waals surface area contributed by atoms with E-state index in [1.54, 1.807) is 0 Å². The quantitative estimate of drug-likeness (QED) is 0.573. The Labute approximate surface area is 148 Å². The highest BCUT2D eigenvalue weighted by Gasteiger charge is 2.26. The molecule has 1 aliphatic rings. The molecule has 0 atom stereocenters. The van der Waals surface area contributed by atoms with E-state index in [1.165, 1.54) is 12.7 Å². The Morgan fingerprint density at radius 2 is 1.96 bits per heavy atom. The summed E-state index contributed by atoms with van der Waals surface area (Å²) >= 11 is 1.82. The number of likely N-dealkylation sites (tertiary alicyclic amines) is 1. The summed E-state index contributed by atoms with van der Waals surface area (Å²) in [4.78, 5) is 25.5. The highest BCUT2D eigenvalue weighted by atomic mass is 32.2. The second-order valence-corrected chi connectivity index (χ2v) is 7.07. The van der Waals surface area contributed by atoms with E-state index in [9.17, 15) is 9.59 Å². The molecule has 0 radical (unpaired) electrons. The van der Waals surface area contributed by atoms with Crippen molar-refractivity contribution in [1.29, 1.82) is 0 Å². The molecule has 1 aromatic rings. The maximum atomic E-state index is 12.0. The van der Waals surface area contributed by atoms with Crippen LogP contribution in [0.1, 0.15) is 18.4 Å². The molecule has 0 saturated carbocycles. The molecule has 2 rings (SSSR count). The smallest absolute Gasteiger partial charge is 0.308 e. The molecule has 1 amide bonds. The van der Waals surface area contributed by atoms with Crippen LogP contribution in [0, 0.1) is 5.92 Å². The lowest BCUT2D eigenvalue weighted by atomic mass is 9.97. The zero-order chi connectivity index (χ0) is 17.2. The topological polar surface area (TPSA) is 58.6 Å². The van der Waals surface area contributed by atoms with Crippen LogP contribution in [-0.2, 0) is 20.1 Å². The summed E-state index contributed by atoms with van der Waals surface area (Å²) in [7, 11) is 1.43. The van der Waals surface area contributed by atoms with Crippen molar-refractivity contribution in [2.45, 2.75) is 18.6 Å². The molecule has 1 heterocycles. The van der Waals surface area contributed by atoms with E-state index < -0.39 is 0 Å². The van der Waals surface area contributed by atoms with Crippen LogP contribution in [0.15, 0.2) is 30.3 Å². The van der Waals surface area contributed by atoms with Gasteiger partial charge in [0, 0.05) is 18.1 Å². The minimum Gasteiger partial charge on any atom is -0.469 e.